The first-order valence-corrected chi connectivity index (χ1v) is 4.70. The molecule has 0 aliphatic rings. The van der Waals surface area contributed by atoms with Crippen LogP contribution in [0.3, 0.4) is 0 Å². The van der Waals surface area contributed by atoms with E-state index < -0.39 is 12.4 Å². The minimum atomic E-state index is -2.70. The van der Waals surface area contributed by atoms with Gasteiger partial charge < -0.3 is 5.11 Å². The number of nitrogens with zero attached hydrogens (tertiary/aromatic N) is 1. The lowest BCUT2D eigenvalue weighted by Gasteiger charge is -2.06. The molecule has 1 aromatic heterocycles. The van der Waals surface area contributed by atoms with E-state index in [1.54, 1.807) is 22.6 Å². The lowest BCUT2D eigenvalue weighted by molar-refractivity contribution is 0.0694. The van der Waals surface area contributed by atoms with Gasteiger partial charge in [0.05, 0.1) is 5.56 Å². The molecule has 0 aliphatic heterocycles. The van der Waals surface area contributed by atoms with Gasteiger partial charge in [-0.3, -0.25) is 0 Å². The van der Waals surface area contributed by atoms with E-state index in [2.05, 4.69) is 4.98 Å². The molecule has 0 aliphatic carbocycles. The van der Waals surface area contributed by atoms with Crippen molar-refractivity contribution in [1.82, 2.24) is 4.98 Å². The number of halogens is 3. The summed E-state index contributed by atoms with van der Waals surface area (Å²) in [7, 11) is 0. The zero-order valence-electron chi connectivity index (χ0n) is 7.09. The van der Waals surface area contributed by atoms with E-state index >= 15 is 0 Å². The summed E-state index contributed by atoms with van der Waals surface area (Å²) < 4.78 is 25.0. The van der Waals surface area contributed by atoms with Gasteiger partial charge in [-0.1, -0.05) is 0 Å². The minimum Gasteiger partial charge on any atom is -0.478 e. The maximum atomic E-state index is 12.4. The van der Waals surface area contributed by atoms with Gasteiger partial charge in [0.1, 0.15) is 3.70 Å². The average Bonchev–Trinajstić information content (AvgIpc) is 2.02. The maximum Gasteiger partial charge on any atom is 0.338 e. The molecule has 0 atom stereocenters. The highest BCUT2D eigenvalue weighted by Gasteiger charge is 2.18. The molecule has 1 aromatic rings. The van der Waals surface area contributed by atoms with Gasteiger partial charge in [0.2, 0.25) is 0 Å². The van der Waals surface area contributed by atoms with Crippen molar-refractivity contribution < 1.29 is 18.7 Å². The summed E-state index contributed by atoms with van der Waals surface area (Å²) in [5.41, 5.74) is -0.358. The van der Waals surface area contributed by atoms with E-state index in [0.29, 0.717) is 0 Å². The molecule has 1 rings (SSSR count). The molecular weight excluding hydrogens is 307 g/mol. The number of hydrogen-bond acceptors (Lipinski definition) is 2. The number of hydrogen-bond donors (Lipinski definition) is 1. The van der Waals surface area contributed by atoms with Gasteiger partial charge in [-0.25, -0.2) is 18.6 Å². The number of pyridine rings is 1. The molecular formula is C8H6F2INO2. The maximum absolute atomic E-state index is 12.4. The zero-order valence-corrected chi connectivity index (χ0v) is 9.25. The lowest BCUT2D eigenvalue weighted by Crippen LogP contribution is -2.06. The van der Waals surface area contributed by atoms with Crippen molar-refractivity contribution in [2.45, 2.75) is 13.3 Å². The van der Waals surface area contributed by atoms with Crippen LogP contribution in [0.2, 0.25) is 0 Å². The van der Waals surface area contributed by atoms with Crippen molar-refractivity contribution >= 4 is 28.6 Å². The Balaban J connectivity index is 3.34. The van der Waals surface area contributed by atoms with Crippen LogP contribution >= 0.6 is 22.6 Å². The third kappa shape index (κ3) is 2.17. The second-order valence-electron chi connectivity index (χ2n) is 2.61. The third-order valence-corrected chi connectivity index (χ3v) is 2.49. The van der Waals surface area contributed by atoms with Crippen LogP contribution in [0.1, 0.15) is 28.0 Å². The second kappa shape index (κ2) is 4.16. The van der Waals surface area contributed by atoms with Crippen molar-refractivity contribution in [1.29, 1.82) is 0 Å². The van der Waals surface area contributed by atoms with Crippen molar-refractivity contribution in [3.8, 4) is 0 Å². The Morgan fingerprint density at radius 3 is 2.64 bits per heavy atom. The van der Waals surface area contributed by atoms with Gasteiger partial charge in [0.15, 0.2) is 0 Å². The number of rotatable bonds is 2. The highest BCUT2D eigenvalue weighted by molar-refractivity contribution is 14.1. The van der Waals surface area contributed by atoms with Crippen molar-refractivity contribution in [2.24, 2.45) is 0 Å². The van der Waals surface area contributed by atoms with Crippen LogP contribution in [-0.2, 0) is 0 Å². The molecule has 0 unspecified atom stereocenters. The Morgan fingerprint density at radius 1 is 1.64 bits per heavy atom. The number of carboxylic acids is 1. The van der Waals surface area contributed by atoms with E-state index in [1.807, 2.05) is 0 Å². The Labute approximate surface area is 92.3 Å². The van der Waals surface area contributed by atoms with Gasteiger partial charge in [-0.2, -0.15) is 0 Å². The Hall–Kier alpha value is -0.790. The third-order valence-electron chi connectivity index (χ3n) is 1.67. The number of aryl methyl sites for hydroxylation is 1. The van der Waals surface area contributed by atoms with E-state index in [-0.39, 0.29) is 20.5 Å². The monoisotopic (exact) mass is 313 g/mol. The number of carbonyl (C=O) groups is 1. The highest BCUT2D eigenvalue weighted by atomic mass is 127. The standard InChI is InChI=1S/C8H6F2INO2/c1-3-4(6(9)10)2-5(8(13)14)7(11)12-3/h2,6H,1H3,(H,13,14). The smallest absolute Gasteiger partial charge is 0.338 e. The van der Waals surface area contributed by atoms with Crippen LogP contribution in [0.25, 0.3) is 0 Å². The van der Waals surface area contributed by atoms with Crippen LogP contribution in [0.5, 0.6) is 0 Å². The molecule has 76 valence electrons. The summed E-state index contributed by atoms with van der Waals surface area (Å²) in [5, 5.41) is 8.67. The SMILES string of the molecule is Cc1nc(I)c(C(=O)O)cc1C(F)F. The van der Waals surface area contributed by atoms with E-state index in [9.17, 15) is 13.6 Å². The highest BCUT2D eigenvalue weighted by Crippen LogP contribution is 2.24. The van der Waals surface area contributed by atoms with Crippen LogP contribution < -0.4 is 0 Å². The molecule has 0 spiro atoms. The fraction of sp³-hybridized carbons (Fsp3) is 0.250. The minimum absolute atomic E-state index is 0.161. The Kier molecular flexibility index (Phi) is 3.35. The molecule has 0 saturated carbocycles. The summed E-state index contributed by atoms with van der Waals surface area (Å²) in [6.45, 7) is 1.43. The van der Waals surface area contributed by atoms with Gasteiger partial charge in [-0.15, -0.1) is 0 Å². The predicted molar refractivity (Wildman–Crippen MR) is 53.6 cm³/mol. The average molecular weight is 313 g/mol. The Morgan fingerprint density at radius 2 is 2.21 bits per heavy atom. The number of carboxylic acid groups (broad SMARTS) is 1. The molecule has 1 N–H and O–H groups in total. The van der Waals surface area contributed by atoms with Gasteiger partial charge in [-0.05, 0) is 35.6 Å². The second-order valence-corrected chi connectivity index (χ2v) is 3.63. The molecule has 6 heteroatoms. The predicted octanol–water partition coefficient (Wildman–Crippen LogP) is 2.63. The Bertz CT molecular complexity index is 382. The van der Waals surface area contributed by atoms with Crippen LogP contribution in [-0.4, -0.2) is 16.1 Å². The van der Waals surface area contributed by atoms with E-state index in [0.717, 1.165) is 6.07 Å². The molecule has 0 radical (unpaired) electrons. The normalized spacial score (nSPS) is 10.6. The van der Waals surface area contributed by atoms with E-state index in [4.69, 9.17) is 5.11 Å². The number of aromatic nitrogens is 1. The molecule has 14 heavy (non-hydrogen) atoms. The molecule has 3 nitrogen and oxygen atoms in total. The summed E-state index contributed by atoms with van der Waals surface area (Å²) in [5.74, 6) is -1.25. The van der Waals surface area contributed by atoms with Crippen LogP contribution in [0, 0.1) is 10.6 Å². The van der Waals surface area contributed by atoms with Crippen molar-refractivity contribution in [3.63, 3.8) is 0 Å². The quantitative estimate of drug-likeness (QED) is 0.674. The summed E-state index contributed by atoms with van der Waals surface area (Å²) >= 11 is 1.70. The molecule has 1 heterocycles. The van der Waals surface area contributed by atoms with Crippen molar-refractivity contribution in [2.75, 3.05) is 0 Å². The first kappa shape index (κ1) is 11.3. The van der Waals surface area contributed by atoms with Gasteiger partial charge >= 0.3 is 5.97 Å². The molecule has 0 aromatic carbocycles. The fourth-order valence-electron chi connectivity index (χ4n) is 0.962. The van der Waals surface area contributed by atoms with Crippen LogP contribution in [0.15, 0.2) is 6.07 Å². The number of alkyl halides is 2. The zero-order chi connectivity index (χ0) is 10.9. The first-order chi connectivity index (χ1) is 6.43. The first-order valence-electron chi connectivity index (χ1n) is 3.62. The largest absolute Gasteiger partial charge is 0.478 e. The lowest BCUT2D eigenvalue weighted by atomic mass is 10.1. The van der Waals surface area contributed by atoms with Gasteiger partial charge in [0, 0.05) is 11.3 Å². The van der Waals surface area contributed by atoms with Crippen molar-refractivity contribution in [3.05, 3.63) is 26.6 Å². The molecule has 0 fully saturated rings. The summed E-state index contributed by atoms with van der Waals surface area (Å²) in [4.78, 5) is 14.4. The molecule has 0 saturated heterocycles. The van der Waals surface area contributed by atoms with Gasteiger partial charge in [0.25, 0.3) is 6.43 Å². The molecule has 0 bridgehead atoms. The number of aromatic carboxylic acids is 1. The van der Waals surface area contributed by atoms with Crippen LogP contribution in [0.4, 0.5) is 8.78 Å². The summed E-state index contributed by atoms with van der Waals surface area (Å²) in [6, 6.07) is 0.969. The fourth-order valence-corrected chi connectivity index (χ4v) is 1.71. The van der Waals surface area contributed by atoms with E-state index in [1.165, 1.54) is 6.92 Å². The topological polar surface area (TPSA) is 50.2 Å². The molecule has 0 amide bonds. The summed E-state index contributed by atoms with van der Waals surface area (Å²) in [6.07, 6.45) is -2.70.